The molecule has 62 valence electrons. The van der Waals surface area contributed by atoms with Crippen LogP contribution in [0.15, 0.2) is 0 Å². The second-order valence-electron chi connectivity index (χ2n) is 2.40. The molecule has 2 atom stereocenters. The normalized spacial score (nSPS) is 27.0. The lowest BCUT2D eigenvalue weighted by Crippen LogP contribution is -2.37. The van der Waals surface area contributed by atoms with Gasteiger partial charge in [0, 0.05) is 19.1 Å². The molecule has 0 saturated carbocycles. The van der Waals surface area contributed by atoms with Crippen LogP contribution in [0.3, 0.4) is 0 Å². The first kappa shape index (κ1) is 10.3. The fourth-order valence-corrected chi connectivity index (χ4v) is 1.49. The average Bonchev–Trinajstić information content (AvgIpc) is 1.91. The van der Waals surface area contributed by atoms with Crippen molar-refractivity contribution in [3.8, 4) is 0 Å². The zero-order valence-electron chi connectivity index (χ0n) is 7.01. The Labute approximate surface area is 66.4 Å². The Bertz CT molecular complexity index is 70.0. The van der Waals surface area contributed by atoms with Crippen LogP contribution in [0.1, 0.15) is 26.7 Å². The van der Waals surface area contributed by atoms with Crippen LogP contribution < -0.4 is 5.73 Å². The Morgan fingerprint density at radius 3 is 2.40 bits per heavy atom. The fraction of sp³-hybridized carbons (Fsp3) is 1.00. The number of rotatable bonds is 0. The molecule has 0 aromatic heterocycles. The first-order valence-corrected chi connectivity index (χ1v) is 4.56. The van der Waals surface area contributed by atoms with Gasteiger partial charge in [-0.3, -0.25) is 4.67 Å². The molecule has 0 radical (unpaired) electrons. The molecular weight excluding hydrogens is 143 g/mol. The van der Waals surface area contributed by atoms with Gasteiger partial charge in [0.2, 0.25) is 0 Å². The van der Waals surface area contributed by atoms with E-state index in [1.807, 2.05) is 13.8 Å². The van der Waals surface area contributed by atoms with E-state index < -0.39 is 0 Å². The molecule has 2 nitrogen and oxygen atoms in total. The van der Waals surface area contributed by atoms with Gasteiger partial charge in [0.25, 0.3) is 0 Å². The van der Waals surface area contributed by atoms with Crippen LogP contribution in [0, 0.1) is 0 Å². The van der Waals surface area contributed by atoms with Gasteiger partial charge in [-0.15, -0.1) is 0 Å². The van der Waals surface area contributed by atoms with Gasteiger partial charge in [0.05, 0.1) is 0 Å². The van der Waals surface area contributed by atoms with Crippen molar-refractivity contribution >= 4 is 9.39 Å². The van der Waals surface area contributed by atoms with E-state index in [1.165, 1.54) is 19.4 Å². The molecule has 1 aliphatic rings. The first-order valence-electron chi connectivity index (χ1n) is 4.04. The summed E-state index contributed by atoms with van der Waals surface area (Å²) in [5.41, 5.74) is 5.67. The minimum absolute atomic E-state index is 0.418. The number of nitrogens with two attached hydrogens (primary N) is 1. The van der Waals surface area contributed by atoms with Gasteiger partial charge >= 0.3 is 0 Å². The highest BCUT2D eigenvalue weighted by Crippen LogP contribution is 2.10. The third-order valence-electron chi connectivity index (χ3n) is 1.49. The maximum Gasteiger partial charge on any atom is 0.0171 e. The molecule has 0 amide bonds. The third-order valence-corrected chi connectivity index (χ3v) is 1.96. The lowest BCUT2D eigenvalue weighted by Gasteiger charge is -2.26. The maximum atomic E-state index is 5.67. The van der Waals surface area contributed by atoms with Crippen molar-refractivity contribution in [1.82, 2.24) is 4.67 Å². The number of hydrogen-bond acceptors (Lipinski definition) is 2. The predicted octanol–water partition coefficient (Wildman–Crippen LogP) is 1.23. The molecular formula is C7H19N2P. The molecule has 1 fully saturated rings. The minimum Gasteiger partial charge on any atom is -0.327 e. The summed E-state index contributed by atoms with van der Waals surface area (Å²) in [4.78, 5) is 0. The maximum absolute atomic E-state index is 5.67. The third kappa shape index (κ3) is 4.21. The Morgan fingerprint density at radius 1 is 1.50 bits per heavy atom. The number of nitrogens with zero attached hydrogens (tertiary/aromatic N) is 1. The van der Waals surface area contributed by atoms with Crippen LogP contribution in [0.25, 0.3) is 0 Å². The van der Waals surface area contributed by atoms with Gasteiger partial charge < -0.3 is 5.73 Å². The number of piperidine rings is 1. The molecule has 1 rings (SSSR count). The van der Waals surface area contributed by atoms with E-state index >= 15 is 0 Å². The van der Waals surface area contributed by atoms with Crippen molar-refractivity contribution in [3.63, 3.8) is 0 Å². The highest BCUT2D eigenvalue weighted by molar-refractivity contribution is 7.13. The summed E-state index contributed by atoms with van der Waals surface area (Å²) in [6.45, 7) is 6.24. The number of hydrogen-bond donors (Lipinski definition) is 1. The van der Waals surface area contributed by atoms with Crippen molar-refractivity contribution in [1.29, 1.82) is 0 Å². The Hall–Kier alpha value is 0.350. The summed E-state index contributed by atoms with van der Waals surface area (Å²) in [6.07, 6.45) is 2.45. The van der Waals surface area contributed by atoms with Crippen LogP contribution in [0.5, 0.6) is 0 Å². The van der Waals surface area contributed by atoms with Crippen molar-refractivity contribution in [2.24, 2.45) is 5.73 Å². The lowest BCUT2D eigenvalue weighted by atomic mass is 10.1. The van der Waals surface area contributed by atoms with Crippen LogP contribution in [0.2, 0.25) is 0 Å². The standard InChI is InChI=1S/C5H13N2P.C2H6/c6-5-2-1-3-7(8)4-5;1-2/h5H,1-4,6,8H2;1-2H3. The summed E-state index contributed by atoms with van der Waals surface area (Å²) in [7, 11) is 2.68. The molecule has 0 aliphatic carbocycles. The van der Waals surface area contributed by atoms with Crippen LogP contribution in [-0.2, 0) is 0 Å². The van der Waals surface area contributed by atoms with Gasteiger partial charge in [-0.2, -0.15) is 0 Å². The van der Waals surface area contributed by atoms with Gasteiger partial charge in [0.15, 0.2) is 0 Å². The van der Waals surface area contributed by atoms with Gasteiger partial charge in [-0.05, 0) is 12.8 Å². The molecule has 2 unspecified atom stereocenters. The van der Waals surface area contributed by atoms with E-state index in [9.17, 15) is 0 Å². The van der Waals surface area contributed by atoms with Crippen molar-refractivity contribution in [2.45, 2.75) is 32.7 Å². The molecule has 2 N–H and O–H groups in total. The molecule has 1 heterocycles. The first-order chi connectivity index (χ1) is 4.79. The molecule has 0 bridgehead atoms. The van der Waals surface area contributed by atoms with Crippen molar-refractivity contribution < 1.29 is 0 Å². The average molecular weight is 162 g/mol. The van der Waals surface area contributed by atoms with Crippen LogP contribution in [-0.4, -0.2) is 23.8 Å². The molecule has 1 aliphatic heterocycles. The van der Waals surface area contributed by atoms with Crippen molar-refractivity contribution in [3.05, 3.63) is 0 Å². The van der Waals surface area contributed by atoms with Crippen LogP contribution >= 0.6 is 9.39 Å². The highest BCUT2D eigenvalue weighted by Gasteiger charge is 2.11. The largest absolute Gasteiger partial charge is 0.327 e. The Kier molecular flexibility index (Phi) is 6.30. The molecule has 1 saturated heterocycles. The second-order valence-corrected chi connectivity index (χ2v) is 3.13. The lowest BCUT2D eigenvalue weighted by molar-refractivity contribution is 0.341. The monoisotopic (exact) mass is 162 g/mol. The zero-order valence-corrected chi connectivity index (χ0v) is 8.16. The van der Waals surface area contributed by atoms with E-state index in [2.05, 4.69) is 14.1 Å². The smallest absolute Gasteiger partial charge is 0.0171 e. The Balaban J connectivity index is 0.000000371. The summed E-state index contributed by atoms with van der Waals surface area (Å²) in [6, 6.07) is 0.418. The van der Waals surface area contributed by atoms with E-state index in [1.54, 1.807) is 0 Å². The van der Waals surface area contributed by atoms with Crippen LogP contribution in [0.4, 0.5) is 0 Å². The van der Waals surface area contributed by atoms with Gasteiger partial charge in [-0.25, -0.2) is 0 Å². The second kappa shape index (κ2) is 6.09. The summed E-state index contributed by atoms with van der Waals surface area (Å²) in [5.74, 6) is 0. The molecule has 0 aromatic carbocycles. The van der Waals surface area contributed by atoms with E-state index in [-0.39, 0.29) is 0 Å². The molecule has 0 spiro atoms. The summed E-state index contributed by atoms with van der Waals surface area (Å²) >= 11 is 0. The topological polar surface area (TPSA) is 29.3 Å². The van der Waals surface area contributed by atoms with E-state index in [0.29, 0.717) is 6.04 Å². The molecule has 3 heteroatoms. The summed E-state index contributed by atoms with van der Waals surface area (Å²) < 4.78 is 2.20. The van der Waals surface area contributed by atoms with E-state index in [0.717, 1.165) is 6.54 Å². The quantitative estimate of drug-likeness (QED) is 0.543. The SMILES string of the molecule is CC.NC1CCCN(P)C1. The van der Waals surface area contributed by atoms with Gasteiger partial charge in [-0.1, -0.05) is 23.2 Å². The zero-order chi connectivity index (χ0) is 7.98. The van der Waals surface area contributed by atoms with E-state index in [4.69, 9.17) is 5.73 Å². The fourth-order valence-electron chi connectivity index (χ4n) is 1.04. The predicted molar refractivity (Wildman–Crippen MR) is 49.8 cm³/mol. The van der Waals surface area contributed by atoms with Gasteiger partial charge in [0.1, 0.15) is 0 Å². The highest BCUT2D eigenvalue weighted by atomic mass is 31.0. The molecule has 10 heavy (non-hydrogen) atoms. The molecule has 0 aromatic rings. The van der Waals surface area contributed by atoms with Crippen molar-refractivity contribution in [2.75, 3.05) is 13.1 Å². The summed E-state index contributed by atoms with van der Waals surface area (Å²) in [5, 5.41) is 0. The Morgan fingerprint density at radius 2 is 2.10 bits per heavy atom. The minimum atomic E-state index is 0.418.